The Kier molecular flexibility index (Phi) is 5.91. The van der Waals surface area contributed by atoms with Gasteiger partial charge >= 0.3 is 0 Å². The maximum Gasteiger partial charge on any atom is 0.267 e. The van der Waals surface area contributed by atoms with Crippen molar-refractivity contribution in [3.8, 4) is 0 Å². The standard InChI is InChI=1S/C6H12O5S/c1-2-3-10-6-11-4-5-12(7,8)9/h2H,1,3-6H2,(H,7,8,9). The SMILES string of the molecule is C=CCOCOCCS(=O)(=O)O. The molecule has 0 spiro atoms. The lowest BCUT2D eigenvalue weighted by molar-refractivity contribution is -0.0383. The Morgan fingerprint density at radius 2 is 2.08 bits per heavy atom. The molecule has 0 aliphatic carbocycles. The summed E-state index contributed by atoms with van der Waals surface area (Å²) in [6.45, 7) is 3.68. The van der Waals surface area contributed by atoms with E-state index in [0.29, 0.717) is 6.61 Å². The van der Waals surface area contributed by atoms with E-state index < -0.39 is 15.9 Å². The molecule has 6 heteroatoms. The van der Waals surface area contributed by atoms with Crippen LogP contribution in [0.4, 0.5) is 0 Å². The molecule has 0 aliphatic rings. The largest absolute Gasteiger partial charge is 0.354 e. The number of ether oxygens (including phenoxy) is 2. The lowest BCUT2D eigenvalue weighted by atomic mass is 10.7. The van der Waals surface area contributed by atoms with Gasteiger partial charge in [-0.1, -0.05) is 6.08 Å². The van der Waals surface area contributed by atoms with E-state index in [9.17, 15) is 8.42 Å². The van der Waals surface area contributed by atoms with Crippen molar-refractivity contribution in [2.24, 2.45) is 0 Å². The fraction of sp³-hybridized carbons (Fsp3) is 0.667. The fourth-order valence-electron chi connectivity index (χ4n) is 0.414. The highest BCUT2D eigenvalue weighted by Gasteiger charge is 2.02. The topological polar surface area (TPSA) is 72.8 Å². The minimum Gasteiger partial charge on any atom is -0.354 e. The van der Waals surface area contributed by atoms with Gasteiger partial charge in [0.1, 0.15) is 6.79 Å². The Hall–Kier alpha value is -0.430. The van der Waals surface area contributed by atoms with Gasteiger partial charge in [-0.15, -0.1) is 6.58 Å². The zero-order valence-electron chi connectivity index (χ0n) is 6.60. The second-order valence-electron chi connectivity index (χ2n) is 1.97. The van der Waals surface area contributed by atoms with Gasteiger partial charge in [-0.3, -0.25) is 4.55 Å². The Bertz CT molecular complexity index is 208. The van der Waals surface area contributed by atoms with Crippen molar-refractivity contribution < 1.29 is 22.4 Å². The summed E-state index contributed by atoms with van der Waals surface area (Å²) >= 11 is 0. The molecule has 0 aromatic rings. The summed E-state index contributed by atoms with van der Waals surface area (Å²) in [5.74, 6) is -0.412. The van der Waals surface area contributed by atoms with Gasteiger partial charge in [0, 0.05) is 0 Å². The summed E-state index contributed by atoms with van der Waals surface area (Å²) in [6, 6.07) is 0. The first-order chi connectivity index (χ1) is 5.56. The van der Waals surface area contributed by atoms with Crippen LogP contribution in [0.5, 0.6) is 0 Å². The van der Waals surface area contributed by atoms with Gasteiger partial charge in [0.2, 0.25) is 0 Å². The van der Waals surface area contributed by atoms with Crippen molar-refractivity contribution >= 4 is 10.1 Å². The second-order valence-corrected chi connectivity index (χ2v) is 3.54. The molecule has 0 unspecified atom stereocenters. The summed E-state index contributed by atoms with van der Waals surface area (Å²) in [6.07, 6.45) is 1.55. The quantitative estimate of drug-likeness (QED) is 0.269. The first-order valence-electron chi connectivity index (χ1n) is 3.28. The van der Waals surface area contributed by atoms with E-state index in [2.05, 4.69) is 6.58 Å². The molecule has 5 nitrogen and oxygen atoms in total. The number of rotatable bonds is 7. The average Bonchev–Trinajstić information content (AvgIpc) is 1.94. The van der Waals surface area contributed by atoms with Crippen molar-refractivity contribution in [2.75, 3.05) is 25.8 Å². The molecule has 0 amide bonds. The summed E-state index contributed by atoms with van der Waals surface area (Å²) in [4.78, 5) is 0. The van der Waals surface area contributed by atoms with Crippen molar-refractivity contribution in [2.45, 2.75) is 0 Å². The third-order valence-corrected chi connectivity index (χ3v) is 1.57. The molecule has 0 radical (unpaired) electrons. The van der Waals surface area contributed by atoms with Crippen LogP contribution in [0.1, 0.15) is 0 Å². The van der Waals surface area contributed by atoms with Crippen LogP contribution >= 0.6 is 0 Å². The van der Waals surface area contributed by atoms with Gasteiger partial charge < -0.3 is 9.47 Å². The summed E-state index contributed by atoms with van der Waals surface area (Å²) < 4.78 is 38.0. The highest BCUT2D eigenvalue weighted by molar-refractivity contribution is 7.85. The first-order valence-corrected chi connectivity index (χ1v) is 4.88. The molecule has 1 N–H and O–H groups in total. The maximum atomic E-state index is 10.1. The molecule has 0 rings (SSSR count). The normalized spacial score (nSPS) is 11.4. The van der Waals surface area contributed by atoms with Crippen molar-refractivity contribution in [1.29, 1.82) is 0 Å². The van der Waals surface area contributed by atoms with Crippen LogP contribution in [-0.4, -0.2) is 38.7 Å². The number of hydrogen-bond donors (Lipinski definition) is 1. The van der Waals surface area contributed by atoms with E-state index in [1.807, 2.05) is 0 Å². The Balaban J connectivity index is 3.17. The van der Waals surface area contributed by atoms with Gasteiger partial charge in [-0.2, -0.15) is 8.42 Å². The van der Waals surface area contributed by atoms with Crippen molar-refractivity contribution in [1.82, 2.24) is 0 Å². The molecule has 0 fully saturated rings. The molecule has 72 valence electrons. The summed E-state index contributed by atoms with van der Waals surface area (Å²) in [5.41, 5.74) is 0. The molecule has 0 saturated heterocycles. The zero-order chi connectivity index (χ0) is 9.45. The van der Waals surface area contributed by atoms with E-state index in [4.69, 9.17) is 14.0 Å². The molecule has 0 saturated carbocycles. The Morgan fingerprint density at radius 1 is 1.42 bits per heavy atom. The van der Waals surface area contributed by atoms with Gasteiger partial charge in [-0.05, 0) is 0 Å². The minimum absolute atomic E-state index is 0.00153. The van der Waals surface area contributed by atoms with E-state index in [1.165, 1.54) is 0 Å². The van der Waals surface area contributed by atoms with Crippen LogP contribution in [0.25, 0.3) is 0 Å². The van der Waals surface area contributed by atoms with E-state index in [0.717, 1.165) is 0 Å². The van der Waals surface area contributed by atoms with Crippen LogP contribution in [0.15, 0.2) is 12.7 Å². The molecule has 0 aliphatic heterocycles. The smallest absolute Gasteiger partial charge is 0.267 e. The van der Waals surface area contributed by atoms with E-state index in [1.54, 1.807) is 6.08 Å². The van der Waals surface area contributed by atoms with Gasteiger partial charge in [0.05, 0.1) is 19.0 Å². The van der Waals surface area contributed by atoms with Crippen molar-refractivity contribution in [3.63, 3.8) is 0 Å². The van der Waals surface area contributed by atoms with Gasteiger partial charge in [0.25, 0.3) is 10.1 Å². The molecule has 0 aromatic carbocycles. The minimum atomic E-state index is -3.92. The average molecular weight is 196 g/mol. The third kappa shape index (κ3) is 9.57. The monoisotopic (exact) mass is 196 g/mol. The van der Waals surface area contributed by atoms with Crippen LogP contribution in [0, 0.1) is 0 Å². The first kappa shape index (κ1) is 11.6. The van der Waals surface area contributed by atoms with Crippen LogP contribution in [-0.2, 0) is 19.6 Å². The third-order valence-electron chi connectivity index (χ3n) is 0.888. The molecular formula is C6H12O5S. The molecule has 0 atom stereocenters. The zero-order valence-corrected chi connectivity index (χ0v) is 7.42. The van der Waals surface area contributed by atoms with Gasteiger partial charge in [-0.25, -0.2) is 0 Å². The van der Waals surface area contributed by atoms with Gasteiger partial charge in [0.15, 0.2) is 0 Å². The maximum absolute atomic E-state index is 10.1. The molecule has 0 aromatic heterocycles. The highest BCUT2D eigenvalue weighted by atomic mass is 32.2. The molecule has 0 heterocycles. The van der Waals surface area contributed by atoms with Crippen LogP contribution < -0.4 is 0 Å². The number of hydrogen-bond acceptors (Lipinski definition) is 4. The molecular weight excluding hydrogens is 184 g/mol. The summed E-state index contributed by atoms with van der Waals surface area (Å²) in [5, 5.41) is 0. The lowest BCUT2D eigenvalue weighted by Gasteiger charge is -2.01. The van der Waals surface area contributed by atoms with E-state index in [-0.39, 0.29) is 13.4 Å². The molecule has 12 heavy (non-hydrogen) atoms. The second kappa shape index (κ2) is 6.13. The Labute approximate surface area is 71.7 Å². The predicted octanol–water partition coefficient (Wildman–Crippen LogP) is 0.0509. The summed E-state index contributed by atoms with van der Waals surface area (Å²) in [7, 11) is -3.92. The predicted molar refractivity (Wildman–Crippen MR) is 43.4 cm³/mol. The fourth-order valence-corrected chi connectivity index (χ4v) is 0.742. The van der Waals surface area contributed by atoms with Crippen LogP contribution in [0.3, 0.4) is 0 Å². The Morgan fingerprint density at radius 3 is 2.58 bits per heavy atom. The highest BCUT2D eigenvalue weighted by Crippen LogP contribution is 1.84. The van der Waals surface area contributed by atoms with E-state index >= 15 is 0 Å². The van der Waals surface area contributed by atoms with Crippen LogP contribution in [0.2, 0.25) is 0 Å². The molecule has 0 bridgehead atoms. The van der Waals surface area contributed by atoms with Crippen molar-refractivity contribution in [3.05, 3.63) is 12.7 Å². The lowest BCUT2D eigenvalue weighted by Crippen LogP contribution is -2.12.